The van der Waals surface area contributed by atoms with Gasteiger partial charge in [0.05, 0.1) is 12.0 Å². The second-order valence-electron chi connectivity index (χ2n) is 6.95. The van der Waals surface area contributed by atoms with E-state index >= 15 is 0 Å². The summed E-state index contributed by atoms with van der Waals surface area (Å²) in [5, 5.41) is 5.03. The molecule has 0 fully saturated rings. The zero-order chi connectivity index (χ0) is 20.9. The molecule has 0 spiro atoms. The summed E-state index contributed by atoms with van der Waals surface area (Å²) in [5.74, 6) is 0.613. The number of sulfonamides is 1. The number of fused-ring (bicyclic) bond motifs is 3. The van der Waals surface area contributed by atoms with E-state index in [4.69, 9.17) is 15.6 Å². The van der Waals surface area contributed by atoms with Gasteiger partial charge in [0.15, 0.2) is 0 Å². The molecule has 3 aliphatic carbocycles. The average molecular weight is 428 g/mol. The Morgan fingerprint density at radius 1 is 0.933 bits per heavy atom. The van der Waals surface area contributed by atoms with E-state index in [-0.39, 0.29) is 11.1 Å². The Labute approximate surface area is 178 Å². The molecule has 7 N–H and O–H groups in total. The summed E-state index contributed by atoms with van der Waals surface area (Å²) in [6.45, 7) is 0.640. The van der Waals surface area contributed by atoms with Crippen LogP contribution in [0.3, 0.4) is 0 Å². The van der Waals surface area contributed by atoms with E-state index in [1.165, 1.54) is 25.5 Å². The first-order chi connectivity index (χ1) is 13.9. The number of methoxy groups -OCH3 is 1. The van der Waals surface area contributed by atoms with Crippen LogP contribution in [0.2, 0.25) is 0 Å². The summed E-state index contributed by atoms with van der Waals surface area (Å²) in [6.07, 6.45) is 6.64. The number of aryl methyl sites for hydroxylation is 2. The number of hydrogen-bond donors (Lipinski definition) is 3. The molecule has 0 saturated heterocycles. The van der Waals surface area contributed by atoms with Crippen molar-refractivity contribution in [3.63, 3.8) is 0 Å². The molecule has 0 radical (unpaired) electrons. The molecule has 160 valence electrons. The lowest BCUT2D eigenvalue weighted by Gasteiger charge is -2.16. The molecular weight excluding hydrogens is 398 g/mol. The lowest BCUT2D eigenvalue weighted by atomic mass is 9.89. The fourth-order valence-electron chi connectivity index (χ4n) is 3.34. The van der Waals surface area contributed by atoms with Gasteiger partial charge >= 0.3 is 0 Å². The molecule has 0 aliphatic heterocycles. The first-order valence-corrected chi connectivity index (χ1v) is 11.0. The Morgan fingerprint density at radius 3 is 1.87 bits per heavy atom. The number of benzene rings is 2. The third-order valence-electron chi connectivity index (χ3n) is 5.00. The minimum absolute atomic E-state index is 0. The summed E-state index contributed by atoms with van der Waals surface area (Å²) >= 11 is 0. The van der Waals surface area contributed by atoms with E-state index in [1.807, 2.05) is 36.4 Å². The maximum atomic E-state index is 11.1. The fourth-order valence-corrected chi connectivity index (χ4v) is 4.17. The van der Waals surface area contributed by atoms with Crippen LogP contribution in [0.25, 0.3) is 0 Å². The summed E-state index contributed by atoms with van der Waals surface area (Å²) < 4.78 is 27.2. The fraction of sp³-hybridized carbons (Fsp3) is 0.217. The van der Waals surface area contributed by atoms with Crippen molar-refractivity contribution < 1.29 is 13.2 Å². The number of primary sulfonamides is 1. The molecule has 30 heavy (non-hydrogen) atoms. The maximum Gasteiger partial charge on any atom is 0.238 e. The van der Waals surface area contributed by atoms with Crippen LogP contribution < -0.4 is 17.0 Å². The van der Waals surface area contributed by atoms with Gasteiger partial charge in [0.25, 0.3) is 0 Å². The van der Waals surface area contributed by atoms with Gasteiger partial charge in [0.2, 0.25) is 10.0 Å². The van der Waals surface area contributed by atoms with Gasteiger partial charge in [-0.1, -0.05) is 54.6 Å². The topological polar surface area (TPSA) is 130 Å². The smallest absolute Gasteiger partial charge is 0.238 e. The standard InChI is InChI=1S/C8H9NO3S.C8H8.C7H9N.H3N/c1-12-7-3-5-2-6(7)8(4-5)13(9,10)11;1-2-4-8-6-5-7(8)3-1;8-6-7-4-2-1-3-5-7;/h3-4H,2H2,1H3,(H2,9,10,11);1-4H,5-6H2;1-5H,6,8H2;1H3. The number of hydrogen-bond acceptors (Lipinski definition) is 5. The Morgan fingerprint density at radius 2 is 1.50 bits per heavy atom. The van der Waals surface area contributed by atoms with E-state index in [1.54, 1.807) is 17.2 Å². The van der Waals surface area contributed by atoms with Crippen molar-refractivity contribution in [1.29, 1.82) is 0 Å². The van der Waals surface area contributed by atoms with Crippen molar-refractivity contribution in [3.05, 3.63) is 105 Å². The van der Waals surface area contributed by atoms with Gasteiger partial charge in [0.1, 0.15) is 5.76 Å². The van der Waals surface area contributed by atoms with Gasteiger partial charge < -0.3 is 16.6 Å². The van der Waals surface area contributed by atoms with Crippen molar-refractivity contribution in [1.82, 2.24) is 6.15 Å². The molecule has 6 nitrogen and oxygen atoms in total. The third-order valence-corrected chi connectivity index (χ3v) is 5.97. The van der Waals surface area contributed by atoms with E-state index in [9.17, 15) is 8.42 Å². The van der Waals surface area contributed by atoms with E-state index in [2.05, 4.69) is 24.3 Å². The SMILES string of the molecule is COC1=C2CC(=C1)C=C2S(N)(=O)=O.N.NCc1ccccc1.c1ccc2c(c1)CC2. The van der Waals surface area contributed by atoms with Crippen LogP contribution in [0, 0.1) is 0 Å². The van der Waals surface area contributed by atoms with Crippen LogP contribution in [0.1, 0.15) is 23.1 Å². The summed E-state index contributed by atoms with van der Waals surface area (Å²) in [7, 11) is -2.08. The molecule has 0 heterocycles. The molecule has 2 aromatic carbocycles. The Hall–Kier alpha value is -2.71. The Balaban J connectivity index is 0.000000165. The summed E-state index contributed by atoms with van der Waals surface area (Å²) in [6, 6.07) is 18.6. The van der Waals surface area contributed by atoms with E-state index in [0.717, 1.165) is 5.57 Å². The number of ether oxygens (including phenoxy) is 1. The molecule has 0 saturated carbocycles. The largest absolute Gasteiger partial charge is 0.496 e. The molecule has 2 bridgehead atoms. The summed E-state index contributed by atoms with van der Waals surface area (Å²) in [5.41, 5.74) is 11.3. The zero-order valence-electron chi connectivity index (χ0n) is 17.2. The highest BCUT2D eigenvalue weighted by Crippen LogP contribution is 2.40. The first kappa shape index (κ1) is 23.6. The highest BCUT2D eigenvalue weighted by Gasteiger charge is 2.31. The molecule has 0 unspecified atom stereocenters. The van der Waals surface area contributed by atoms with Crippen molar-refractivity contribution in [2.75, 3.05) is 7.11 Å². The van der Waals surface area contributed by atoms with E-state index < -0.39 is 10.0 Å². The van der Waals surface area contributed by atoms with Crippen LogP contribution in [0.4, 0.5) is 0 Å². The van der Waals surface area contributed by atoms with Crippen molar-refractivity contribution in [2.24, 2.45) is 10.9 Å². The number of nitrogens with two attached hydrogens (primary N) is 2. The van der Waals surface area contributed by atoms with Gasteiger partial charge in [-0.3, -0.25) is 0 Å². The summed E-state index contributed by atoms with van der Waals surface area (Å²) in [4.78, 5) is 0.196. The predicted octanol–water partition coefficient (Wildman–Crippen LogP) is 3.50. The number of rotatable bonds is 3. The second kappa shape index (κ2) is 10.4. The lowest BCUT2D eigenvalue weighted by molar-refractivity contribution is 0.304. The number of allylic oxidation sites excluding steroid dienone is 4. The van der Waals surface area contributed by atoms with Crippen molar-refractivity contribution >= 4 is 10.0 Å². The minimum Gasteiger partial charge on any atom is -0.496 e. The van der Waals surface area contributed by atoms with Crippen LogP contribution in [0.15, 0.2) is 88.6 Å². The van der Waals surface area contributed by atoms with Crippen LogP contribution >= 0.6 is 0 Å². The maximum absolute atomic E-state index is 11.1. The van der Waals surface area contributed by atoms with E-state index in [0.29, 0.717) is 24.3 Å². The molecule has 0 atom stereocenters. The molecule has 3 aliphatic rings. The van der Waals surface area contributed by atoms with Crippen LogP contribution in [-0.4, -0.2) is 15.5 Å². The average Bonchev–Trinajstić information content (AvgIpc) is 3.31. The predicted molar refractivity (Wildman–Crippen MR) is 121 cm³/mol. The molecule has 2 aromatic rings. The molecule has 5 rings (SSSR count). The van der Waals surface area contributed by atoms with Crippen molar-refractivity contribution in [2.45, 2.75) is 25.8 Å². The molecular formula is C23H29N3O3S. The second-order valence-corrected chi connectivity index (χ2v) is 8.48. The lowest BCUT2D eigenvalue weighted by Crippen LogP contribution is -2.15. The molecule has 0 aromatic heterocycles. The Bertz CT molecular complexity index is 1050. The van der Waals surface area contributed by atoms with Gasteiger partial charge in [-0.2, -0.15) is 0 Å². The first-order valence-electron chi connectivity index (χ1n) is 9.45. The van der Waals surface area contributed by atoms with Crippen molar-refractivity contribution in [3.8, 4) is 0 Å². The highest BCUT2D eigenvalue weighted by atomic mass is 32.2. The monoisotopic (exact) mass is 427 g/mol. The van der Waals surface area contributed by atoms with Crippen LogP contribution in [0.5, 0.6) is 0 Å². The molecule has 7 heteroatoms. The highest BCUT2D eigenvalue weighted by molar-refractivity contribution is 7.93. The minimum atomic E-state index is -3.59. The molecule has 0 amide bonds. The quantitative estimate of drug-likeness (QED) is 0.690. The zero-order valence-corrected chi connectivity index (χ0v) is 18.0. The normalized spacial score (nSPS) is 15.2. The third kappa shape index (κ3) is 5.67. The Kier molecular flexibility index (Phi) is 8.14. The van der Waals surface area contributed by atoms with Gasteiger partial charge in [0, 0.05) is 18.5 Å². The van der Waals surface area contributed by atoms with Gasteiger partial charge in [-0.05, 0) is 47.3 Å². The van der Waals surface area contributed by atoms with Crippen LogP contribution in [-0.2, 0) is 34.1 Å². The van der Waals surface area contributed by atoms with Gasteiger partial charge in [-0.15, -0.1) is 0 Å². The van der Waals surface area contributed by atoms with Gasteiger partial charge in [-0.25, -0.2) is 13.6 Å².